The van der Waals surface area contributed by atoms with Crippen LogP contribution in [0.4, 0.5) is 0 Å². The molecule has 6 nitrogen and oxygen atoms in total. The van der Waals surface area contributed by atoms with Crippen molar-refractivity contribution in [2.45, 2.75) is 19.3 Å². The van der Waals surface area contributed by atoms with E-state index < -0.39 is 11.9 Å². The SMILES string of the molecule is COc1cc(CCN2CCCC2)c2ccccc2c1.O=C(O)/C=C/C(=O)O. The van der Waals surface area contributed by atoms with E-state index >= 15 is 0 Å². The van der Waals surface area contributed by atoms with Gasteiger partial charge in [-0.2, -0.15) is 0 Å². The van der Waals surface area contributed by atoms with Gasteiger partial charge in [-0.05, 0) is 60.8 Å². The molecule has 0 atom stereocenters. The lowest BCUT2D eigenvalue weighted by Crippen LogP contribution is -2.22. The summed E-state index contributed by atoms with van der Waals surface area (Å²) >= 11 is 0. The van der Waals surface area contributed by atoms with Gasteiger partial charge in [-0.25, -0.2) is 9.59 Å². The number of carboxylic acid groups (broad SMARTS) is 2. The van der Waals surface area contributed by atoms with Crippen LogP contribution < -0.4 is 4.74 Å². The molecule has 2 aromatic rings. The monoisotopic (exact) mass is 371 g/mol. The fourth-order valence-electron chi connectivity index (χ4n) is 3.11. The smallest absolute Gasteiger partial charge is 0.328 e. The van der Waals surface area contributed by atoms with Gasteiger partial charge in [-0.15, -0.1) is 0 Å². The number of hydrogen-bond donors (Lipinski definition) is 2. The van der Waals surface area contributed by atoms with Crippen LogP contribution in [-0.2, 0) is 16.0 Å². The minimum atomic E-state index is -1.26. The van der Waals surface area contributed by atoms with Crippen molar-refractivity contribution in [2.75, 3.05) is 26.7 Å². The van der Waals surface area contributed by atoms with Gasteiger partial charge < -0.3 is 19.8 Å². The molecule has 0 aromatic heterocycles. The Hall–Kier alpha value is -2.86. The fraction of sp³-hybridized carbons (Fsp3) is 0.333. The Morgan fingerprint density at radius 2 is 1.70 bits per heavy atom. The highest BCUT2D eigenvalue weighted by atomic mass is 16.5. The number of rotatable bonds is 6. The van der Waals surface area contributed by atoms with E-state index in [-0.39, 0.29) is 0 Å². The van der Waals surface area contributed by atoms with Gasteiger partial charge in [0, 0.05) is 18.7 Å². The minimum Gasteiger partial charge on any atom is -0.497 e. The Kier molecular flexibility index (Phi) is 7.82. The van der Waals surface area contributed by atoms with E-state index in [1.807, 2.05) is 0 Å². The van der Waals surface area contributed by atoms with Crippen molar-refractivity contribution in [3.05, 3.63) is 54.1 Å². The van der Waals surface area contributed by atoms with Crippen LogP contribution in [0.1, 0.15) is 18.4 Å². The second-order valence-electron chi connectivity index (χ2n) is 6.32. The third-order valence-corrected chi connectivity index (χ3v) is 4.42. The zero-order chi connectivity index (χ0) is 19.6. The van der Waals surface area contributed by atoms with Crippen LogP contribution in [0.15, 0.2) is 48.6 Å². The molecule has 0 aliphatic carbocycles. The van der Waals surface area contributed by atoms with Crippen LogP contribution in [-0.4, -0.2) is 53.8 Å². The first-order chi connectivity index (χ1) is 13.0. The topological polar surface area (TPSA) is 87.1 Å². The molecule has 0 amide bonds. The molecule has 3 rings (SSSR count). The third-order valence-electron chi connectivity index (χ3n) is 4.42. The molecule has 0 bridgehead atoms. The Labute approximate surface area is 158 Å². The van der Waals surface area contributed by atoms with Crippen LogP contribution in [0.2, 0.25) is 0 Å². The van der Waals surface area contributed by atoms with Gasteiger partial charge in [0.05, 0.1) is 7.11 Å². The molecule has 0 spiro atoms. The lowest BCUT2D eigenvalue weighted by atomic mass is 10.0. The van der Waals surface area contributed by atoms with Crippen molar-refractivity contribution in [2.24, 2.45) is 0 Å². The number of ether oxygens (including phenoxy) is 1. The number of fused-ring (bicyclic) bond motifs is 1. The van der Waals surface area contributed by atoms with E-state index in [0.717, 1.165) is 18.7 Å². The van der Waals surface area contributed by atoms with Crippen molar-refractivity contribution in [1.82, 2.24) is 4.90 Å². The molecule has 1 aliphatic rings. The largest absolute Gasteiger partial charge is 0.497 e. The van der Waals surface area contributed by atoms with E-state index in [1.165, 1.54) is 42.3 Å². The highest BCUT2D eigenvalue weighted by molar-refractivity contribution is 5.89. The summed E-state index contributed by atoms with van der Waals surface area (Å²) in [6.45, 7) is 3.70. The Morgan fingerprint density at radius 3 is 2.30 bits per heavy atom. The average Bonchev–Trinajstić information content (AvgIpc) is 3.18. The van der Waals surface area contributed by atoms with Crippen molar-refractivity contribution in [1.29, 1.82) is 0 Å². The molecule has 1 aliphatic heterocycles. The quantitative estimate of drug-likeness (QED) is 0.759. The van der Waals surface area contributed by atoms with Gasteiger partial charge >= 0.3 is 11.9 Å². The fourth-order valence-corrected chi connectivity index (χ4v) is 3.11. The number of hydrogen-bond acceptors (Lipinski definition) is 4. The molecule has 2 N–H and O–H groups in total. The number of nitrogens with zero attached hydrogens (tertiary/aromatic N) is 1. The normalized spacial score (nSPS) is 14.1. The number of carbonyl (C=O) groups is 2. The average molecular weight is 371 g/mol. The molecule has 0 radical (unpaired) electrons. The molecule has 1 heterocycles. The molecule has 0 unspecified atom stereocenters. The molecule has 1 saturated heterocycles. The van der Waals surface area contributed by atoms with Crippen molar-refractivity contribution >= 4 is 22.7 Å². The second kappa shape index (κ2) is 10.3. The van der Waals surface area contributed by atoms with E-state index in [4.69, 9.17) is 14.9 Å². The number of benzene rings is 2. The summed E-state index contributed by atoms with van der Waals surface area (Å²) in [5.74, 6) is -1.55. The highest BCUT2D eigenvalue weighted by Gasteiger charge is 2.12. The third kappa shape index (κ3) is 6.75. The van der Waals surface area contributed by atoms with Crippen LogP contribution in [0.5, 0.6) is 5.75 Å². The predicted molar refractivity (Wildman–Crippen MR) is 104 cm³/mol. The lowest BCUT2D eigenvalue weighted by Gasteiger charge is -2.16. The maximum absolute atomic E-state index is 9.55. The van der Waals surface area contributed by atoms with Crippen LogP contribution in [0.25, 0.3) is 10.8 Å². The molecule has 1 fully saturated rings. The first-order valence-electron chi connectivity index (χ1n) is 8.91. The van der Waals surface area contributed by atoms with E-state index in [1.54, 1.807) is 7.11 Å². The maximum atomic E-state index is 9.55. The lowest BCUT2D eigenvalue weighted by molar-refractivity contribution is -0.134. The second-order valence-corrected chi connectivity index (χ2v) is 6.32. The van der Waals surface area contributed by atoms with Gasteiger partial charge in [0.1, 0.15) is 5.75 Å². The standard InChI is InChI=1S/C17H21NO.C4H4O4/c1-19-16-12-14-6-2-3-7-17(14)15(13-16)8-11-18-9-4-5-10-18;5-3(6)1-2-4(7)8/h2-3,6-7,12-13H,4-5,8-11H2,1H3;1-2H,(H,5,6)(H,7,8)/b;2-1+. The van der Waals surface area contributed by atoms with Crippen molar-refractivity contribution in [3.8, 4) is 5.75 Å². The summed E-state index contributed by atoms with van der Waals surface area (Å²) < 4.78 is 5.42. The molecule has 6 heteroatoms. The first-order valence-corrected chi connectivity index (χ1v) is 8.91. The minimum absolute atomic E-state index is 0.558. The summed E-state index contributed by atoms with van der Waals surface area (Å²) in [6.07, 6.45) is 4.94. The summed E-state index contributed by atoms with van der Waals surface area (Å²) in [4.78, 5) is 21.7. The van der Waals surface area contributed by atoms with Gasteiger partial charge in [-0.3, -0.25) is 0 Å². The Balaban J connectivity index is 0.000000279. The molecular formula is C21H25NO5. The first kappa shape index (κ1) is 20.5. The molecule has 27 heavy (non-hydrogen) atoms. The van der Waals surface area contributed by atoms with Gasteiger partial charge in [-0.1, -0.05) is 24.3 Å². The van der Waals surface area contributed by atoms with Crippen molar-refractivity contribution < 1.29 is 24.5 Å². The van der Waals surface area contributed by atoms with Crippen LogP contribution in [0, 0.1) is 0 Å². The maximum Gasteiger partial charge on any atom is 0.328 e. The number of carboxylic acids is 2. The van der Waals surface area contributed by atoms with Crippen LogP contribution >= 0.6 is 0 Å². The molecule has 0 saturated carbocycles. The zero-order valence-electron chi connectivity index (χ0n) is 15.4. The zero-order valence-corrected chi connectivity index (χ0v) is 15.4. The molecule has 144 valence electrons. The van der Waals surface area contributed by atoms with E-state index in [2.05, 4.69) is 41.3 Å². The van der Waals surface area contributed by atoms with Gasteiger partial charge in [0.25, 0.3) is 0 Å². The number of aliphatic carboxylic acids is 2. The molecular weight excluding hydrogens is 346 g/mol. The summed E-state index contributed by atoms with van der Waals surface area (Å²) in [7, 11) is 1.74. The van der Waals surface area contributed by atoms with Gasteiger partial charge in [0.2, 0.25) is 0 Å². The summed E-state index contributed by atoms with van der Waals surface area (Å²) in [5.41, 5.74) is 1.40. The number of methoxy groups -OCH3 is 1. The van der Waals surface area contributed by atoms with Crippen molar-refractivity contribution in [3.63, 3.8) is 0 Å². The summed E-state index contributed by atoms with van der Waals surface area (Å²) in [6, 6.07) is 12.9. The van der Waals surface area contributed by atoms with E-state index in [9.17, 15) is 9.59 Å². The van der Waals surface area contributed by atoms with Crippen LogP contribution in [0.3, 0.4) is 0 Å². The van der Waals surface area contributed by atoms with Gasteiger partial charge in [0.15, 0.2) is 0 Å². The Morgan fingerprint density at radius 1 is 1.07 bits per heavy atom. The summed E-state index contributed by atoms with van der Waals surface area (Å²) in [5, 5.41) is 18.3. The molecule has 2 aromatic carbocycles. The number of likely N-dealkylation sites (tertiary alicyclic amines) is 1. The Bertz CT molecular complexity index is 793. The van der Waals surface area contributed by atoms with E-state index in [0.29, 0.717) is 12.2 Å². The highest BCUT2D eigenvalue weighted by Crippen LogP contribution is 2.26. The predicted octanol–water partition coefficient (Wildman–Crippen LogP) is 3.20.